The van der Waals surface area contributed by atoms with E-state index in [4.69, 9.17) is 0 Å². The number of hydrogen-bond acceptors (Lipinski definition) is 3. The van der Waals surface area contributed by atoms with Gasteiger partial charge in [-0.1, -0.05) is 20.3 Å². The maximum absolute atomic E-state index is 4.42. The summed E-state index contributed by atoms with van der Waals surface area (Å²) in [5, 5.41) is 5.84. The lowest BCUT2D eigenvalue weighted by Gasteiger charge is -2.20. The van der Waals surface area contributed by atoms with Crippen LogP contribution in [-0.2, 0) is 0 Å². The topological polar surface area (TPSA) is 46.0 Å². The Balaban J connectivity index is 1.52. The summed E-state index contributed by atoms with van der Waals surface area (Å²) >= 11 is 2.01. The van der Waals surface area contributed by atoms with Crippen molar-refractivity contribution in [2.75, 3.05) is 0 Å². The minimum atomic E-state index is 0.465. The number of nitrogens with one attached hydrogen (secondary N) is 1. The Hall–Kier alpha value is -2.14. The fourth-order valence-corrected chi connectivity index (χ4v) is 7.34. The first kappa shape index (κ1) is 17.7. The van der Waals surface area contributed by atoms with E-state index in [1.165, 1.54) is 63.8 Å². The third-order valence-electron chi connectivity index (χ3n) is 7.63. The molecule has 2 aliphatic rings. The lowest BCUT2D eigenvalue weighted by atomic mass is 9.87. The van der Waals surface area contributed by atoms with Crippen LogP contribution in [-0.4, -0.2) is 19.6 Å². The zero-order valence-corrected chi connectivity index (χ0v) is 18.4. The van der Waals surface area contributed by atoms with Crippen molar-refractivity contribution in [2.45, 2.75) is 65.2 Å². The van der Waals surface area contributed by atoms with Gasteiger partial charge in [-0.2, -0.15) is 5.10 Å². The Morgan fingerprint density at radius 1 is 1.17 bits per heavy atom. The molecule has 5 heteroatoms. The molecule has 1 unspecified atom stereocenters. The lowest BCUT2D eigenvalue weighted by Crippen LogP contribution is -2.06. The van der Waals surface area contributed by atoms with Crippen LogP contribution in [0.15, 0.2) is 18.6 Å². The van der Waals surface area contributed by atoms with E-state index in [9.17, 15) is 0 Å². The number of aryl methyl sites for hydroxylation is 1. The van der Waals surface area contributed by atoms with Gasteiger partial charge in [0, 0.05) is 22.0 Å². The van der Waals surface area contributed by atoms with Crippen molar-refractivity contribution in [2.24, 2.45) is 11.8 Å². The molecule has 4 aromatic heterocycles. The van der Waals surface area contributed by atoms with Gasteiger partial charge in [-0.25, -0.2) is 9.50 Å². The predicted octanol–water partition coefficient (Wildman–Crippen LogP) is 6.58. The van der Waals surface area contributed by atoms with Gasteiger partial charge in [-0.05, 0) is 79.5 Å². The summed E-state index contributed by atoms with van der Waals surface area (Å²) < 4.78 is 1.91. The fraction of sp³-hybridized carbons (Fsp3) is 0.500. The first-order valence-electron chi connectivity index (χ1n) is 11.0. The van der Waals surface area contributed by atoms with E-state index in [1.54, 1.807) is 11.2 Å². The van der Waals surface area contributed by atoms with Gasteiger partial charge in [0.15, 0.2) is 5.65 Å². The quantitative estimate of drug-likeness (QED) is 0.419. The average molecular weight is 405 g/mol. The highest BCUT2D eigenvalue weighted by Crippen LogP contribution is 2.55. The average Bonchev–Trinajstić information content (AvgIpc) is 3.48. The van der Waals surface area contributed by atoms with E-state index >= 15 is 0 Å². The monoisotopic (exact) mass is 404 g/mol. The van der Waals surface area contributed by atoms with E-state index < -0.39 is 0 Å². The third-order valence-corrected chi connectivity index (χ3v) is 8.81. The van der Waals surface area contributed by atoms with Gasteiger partial charge in [-0.3, -0.25) is 0 Å². The number of nitrogens with zero attached hydrogens (tertiary/aromatic N) is 3. The Morgan fingerprint density at radius 2 is 2.03 bits per heavy atom. The van der Waals surface area contributed by atoms with Crippen LogP contribution < -0.4 is 0 Å². The summed E-state index contributed by atoms with van der Waals surface area (Å²) in [6.07, 6.45) is 9.58. The van der Waals surface area contributed by atoms with Crippen LogP contribution in [0.2, 0.25) is 0 Å². The van der Waals surface area contributed by atoms with Gasteiger partial charge in [0.25, 0.3) is 0 Å². The van der Waals surface area contributed by atoms with Crippen LogP contribution in [0.25, 0.3) is 27.1 Å². The number of H-pyrrole nitrogens is 1. The van der Waals surface area contributed by atoms with E-state index in [1.807, 2.05) is 15.9 Å². The largest absolute Gasteiger partial charge is 0.346 e. The third kappa shape index (κ3) is 2.49. The van der Waals surface area contributed by atoms with Crippen molar-refractivity contribution in [1.29, 1.82) is 0 Å². The Kier molecular flexibility index (Phi) is 3.77. The van der Waals surface area contributed by atoms with E-state index in [2.05, 4.69) is 55.0 Å². The van der Waals surface area contributed by atoms with Crippen molar-refractivity contribution in [1.82, 2.24) is 19.6 Å². The molecule has 2 saturated carbocycles. The Bertz CT molecular complexity index is 1240. The molecule has 0 aliphatic heterocycles. The van der Waals surface area contributed by atoms with Crippen molar-refractivity contribution in [3.63, 3.8) is 0 Å². The number of thiophene rings is 1. The van der Waals surface area contributed by atoms with Crippen molar-refractivity contribution >= 4 is 27.2 Å². The molecule has 4 heterocycles. The second kappa shape index (κ2) is 6.18. The molecule has 0 amide bonds. The molecule has 0 spiro atoms. The summed E-state index contributed by atoms with van der Waals surface area (Å²) in [5.41, 5.74) is 7.40. The second-order valence-corrected chi connectivity index (χ2v) is 10.6. The standard InChI is InChI=1S/C24H28N4S/c1-12(2)21-18-9-20(17-8-15-5-6-16(17)7-15)29-24(18)27-22(21)19-10-28-23(25-11-26-28)14(4)13(19)3/h9-12,15-17,27H,5-8H2,1-4H3/t15?,16-,17-/m1/s1. The van der Waals surface area contributed by atoms with Crippen LogP contribution >= 0.6 is 11.3 Å². The Morgan fingerprint density at radius 3 is 2.76 bits per heavy atom. The lowest BCUT2D eigenvalue weighted by molar-refractivity contribution is 0.425. The summed E-state index contributed by atoms with van der Waals surface area (Å²) in [6, 6.07) is 2.52. The van der Waals surface area contributed by atoms with Crippen LogP contribution in [0.3, 0.4) is 0 Å². The molecule has 0 aromatic carbocycles. The zero-order valence-electron chi connectivity index (χ0n) is 17.6. The van der Waals surface area contributed by atoms with Crippen LogP contribution in [0.1, 0.15) is 72.9 Å². The number of aromatic amines is 1. The van der Waals surface area contributed by atoms with Crippen LogP contribution in [0.5, 0.6) is 0 Å². The van der Waals surface area contributed by atoms with Gasteiger partial charge in [-0.15, -0.1) is 11.3 Å². The minimum absolute atomic E-state index is 0.465. The van der Waals surface area contributed by atoms with E-state index in [0.29, 0.717) is 5.92 Å². The molecule has 2 aliphatic carbocycles. The number of hydrogen-bond donors (Lipinski definition) is 1. The molecule has 3 atom stereocenters. The van der Waals surface area contributed by atoms with Crippen LogP contribution in [0.4, 0.5) is 0 Å². The van der Waals surface area contributed by atoms with Gasteiger partial charge in [0.1, 0.15) is 11.2 Å². The van der Waals surface area contributed by atoms with Gasteiger partial charge in [0.05, 0.1) is 5.69 Å². The maximum Gasteiger partial charge on any atom is 0.158 e. The SMILES string of the molecule is Cc1c(-c2[nH]c3sc([C@@H]4CC5CC[C@@H]4C5)cc3c2C(C)C)cn2ncnc2c1C. The van der Waals surface area contributed by atoms with Crippen molar-refractivity contribution < 1.29 is 0 Å². The molecule has 0 radical (unpaired) electrons. The predicted molar refractivity (Wildman–Crippen MR) is 120 cm³/mol. The highest BCUT2D eigenvalue weighted by atomic mass is 32.1. The molecular formula is C24H28N4S. The first-order valence-corrected chi connectivity index (χ1v) is 11.8. The number of rotatable bonds is 3. The molecule has 150 valence electrons. The fourth-order valence-electron chi connectivity index (χ4n) is 6.06. The van der Waals surface area contributed by atoms with Crippen molar-refractivity contribution in [3.8, 4) is 11.3 Å². The summed E-state index contributed by atoms with van der Waals surface area (Å²) in [5.74, 6) is 3.20. The molecule has 0 saturated heterocycles. The normalized spacial score (nSPS) is 24.0. The molecule has 2 fully saturated rings. The molecule has 4 aromatic rings. The number of fused-ring (bicyclic) bond motifs is 4. The molecule has 2 bridgehead atoms. The molecule has 29 heavy (non-hydrogen) atoms. The highest BCUT2D eigenvalue weighted by molar-refractivity contribution is 7.18. The van der Waals surface area contributed by atoms with E-state index in [-0.39, 0.29) is 0 Å². The van der Waals surface area contributed by atoms with E-state index in [0.717, 1.165) is 23.4 Å². The molecule has 4 nitrogen and oxygen atoms in total. The smallest absolute Gasteiger partial charge is 0.158 e. The molecule has 1 N–H and O–H groups in total. The van der Waals surface area contributed by atoms with Gasteiger partial charge < -0.3 is 4.98 Å². The second-order valence-electron chi connectivity index (χ2n) is 9.56. The molecule has 6 rings (SSSR count). The zero-order chi connectivity index (χ0) is 19.9. The van der Waals surface area contributed by atoms with Crippen LogP contribution in [0, 0.1) is 25.7 Å². The van der Waals surface area contributed by atoms with Crippen molar-refractivity contribution in [3.05, 3.63) is 40.2 Å². The maximum atomic E-state index is 4.42. The highest BCUT2D eigenvalue weighted by Gasteiger charge is 2.41. The minimum Gasteiger partial charge on any atom is -0.346 e. The number of aromatic nitrogens is 4. The first-order chi connectivity index (χ1) is 14.0. The summed E-state index contributed by atoms with van der Waals surface area (Å²) in [7, 11) is 0. The Labute approximate surface area is 175 Å². The summed E-state index contributed by atoms with van der Waals surface area (Å²) in [6.45, 7) is 8.99. The number of pyridine rings is 1. The van der Waals surface area contributed by atoms with Gasteiger partial charge in [0.2, 0.25) is 0 Å². The summed E-state index contributed by atoms with van der Waals surface area (Å²) in [4.78, 5) is 11.2. The molecular weight excluding hydrogens is 376 g/mol. The van der Waals surface area contributed by atoms with Gasteiger partial charge >= 0.3 is 0 Å².